The highest BCUT2D eigenvalue weighted by atomic mass is 79.9. The average molecular weight is 457 g/mol. The first-order chi connectivity index (χ1) is 13.3. The molecule has 11 heteroatoms. The standard InChI is InChI=1S/C17H17BrN2O8/c1-25-12-6-9(4-10(18)15(12)28-8-14(22)27-3)5-11-16(23)20(17(24)19-11)7-13(21)26-2/h4-6H,7-8H2,1-3H3,(H,19,24)/b11-5+. The van der Waals surface area contributed by atoms with Crippen molar-refractivity contribution in [1.29, 1.82) is 0 Å². The van der Waals surface area contributed by atoms with E-state index in [1.807, 2.05) is 0 Å². The van der Waals surface area contributed by atoms with Crippen molar-refractivity contribution in [2.75, 3.05) is 34.5 Å². The molecule has 1 aromatic rings. The van der Waals surface area contributed by atoms with Gasteiger partial charge in [0.15, 0.2) is 18.1 Å². The highest BCUT2D eigenvalue weighted by Crippen LogP contribution is 2.37. The van der Waals surface area contributed by atoms with Gasteiger partial charge in [0.05, 0.1) is 25.8 Å². The van der Waals surface area contributed by atoms with Crippen LogP contribution in [0.3, 0.4) is 0 Å². The van der Waals surface area contributed by atoms with Gasteiger partial charge < -0.3 is 24.3 Å². The lowest BCUT2D eigenvalue weighted by Gasteiger charge is -2.13. The van der Waals surface area contributed by atoms with Gasteiger partial charge in [-0.2, -0.15) is 0 Å². The number of rotatable bonds is 7. The lowest BCUT2D eigenvalue weighted by molar-refractivity contribution is -0.144. The van der Waals surface area contributed by atoms with Crippen LogP contribution in [0.25, 0.3) is 6.08 Å². The molecule has 2 rings (SSSR count). The van der Waals surface area contributed by atoms with Crippen molar-refractivity contribution in [1.82, 2.24) is 10.2 Å². The van der Waals surface area contributed by atoms with Crippen molar-refractivity contribution in [3.63, 3.8) is 0 Å². The van der Waals surface area contributed by atoms with Crippen LogP contribution in [0.15, 0.2) is 22.3 Å². The summed E-state index contributed by atoms with van der Waals surface area (Å²) in [5, 5.41) is 2.39. The summed E-state index contributed by atoms with van der Waals surface area (Å²) < 4.78 is 20.1. The maximum absolute atomic E-state index is 12.3. The molecule has 0 saturated carbocycles. The molecule has 0 radical (unpaired) electrons. The molecule has 0 aliphatic carbocycles. The third-order valence-corrected chi connectivity index (χ3v) is 4.19. The van der Waals surface area contributed by atoms with Crippen molar-refractivity contribution in [2.24, 2.45) is 0 Å². The second-order valence-corrected chi connectivity index (χ2v) is 6.21. The number of esters is 2. The molecule has 1 aromatic carbocycles. The maximum Gasteiger partial charge on any atom is 0.343 e. The molecule has 3 amide bonds. The highest BCUT2D eigenvalue weighted by Gasteiger charge is 2.35. The molecular formula is C17H17BrN2O8. The average Bonchev–Trinajstić information content (AvgIpc) is 2.93. The summed E-state index contributed by atoms with van der Waals surface area (Å²) in [7, 11) is 3.80. The number of imide groups is 1. The van der Waals surface area contributed by atoms with Crippen molar-refractivity contribution >= 4 is 45.9 Å². The van der Waals surface area contributed by atoms with Crippen LogP contribution in [0.4, 0.5) is 4.79 Å². The largest absolute Gasteiger partial charge is 0.493 e. The normalized spacial score (nSPS) is 14.7. The van der Waals surface area contributed by atoms with E-state index >= 15 is 0 Å². The first-order valence-corrected chi connectivity index (χ1v) is 8.58. The molecule has 1 N–H and O–H groups in total. The summed E-state index contributed by atoms with van der Waals surface area (Å²) >= 11 is 3.31. The maximum atomic E-state index is 12.3. The first kappa shape index (κ1) is 21.2. The number of ether oxygens (including phenoxy) is 4. The van der Waals surface area contributed by atoms with Crippen LogP contribution in [-0.2, 0) is 23.9 Å². The second-order valence-electron chi connectivity index (χ2n) is 5.35. The number of carbonyl (C=O) groups is 4. The Labute approximate surface area is 168 Å². The fourth-order valence-electron chi connectivity index (χ4n) is 2.23. The fraction of sp³-hybridized carbons (Fsp3) is 0.294. The quantitative estimate of drug-likeness (QED) is 0.367. The van der Waals surface area contributed by atoms with E-state index in [0.29, 0.717) is 10.0 Å². The number of benzene rings is 1. The monoisotopic (exact) mass is 456 g/mol. The van der Waals surface area contributed by atoms with Crippen molar-refractivity contribution in [2.45, 2.75) is 0 Å². The lowest BCUT2D eigenvalue weighted by Crippen LogP contribution is -2.36. The molecule has 0 aromatic heterocycles. The van der Waals surface area contributed by atoms with Crippen LogP contribution < -0.4 is 14.8 Å². The molecule has 1 heterocycles. The van der Waals surface area contributed by atoms with Gasteiger partial charge in [0.1, 0.15) is 12.2 Å². The summed E-state index contributed by atoms with van der Waals surface area (Å²) in [4.78, 5) is 47.6. The van der Waals surface area contributed by atoms with Crippen molar-refractivity contribution < 1.29 is 38.1 Å². The Morgan fingerprint density at radius 1 is 1.14 bits per heavy atom. The van der Waals surface area contributed by atoms with Gasteiger partial charge in [0.2, 0.25) is 0 Å². The molecule has 0 unspecified atom stereocenters. The van der Waals surface area contributed by atoms with Gasteiger partial charge in [-0.15, -0.1) is 0 Å². The molecule has 150 valence electrons. The molecule has 0 atom stereocenters. The smallest absolute Gasteiger partial charge is 0.343 e. The van der Waals surface area contributed by atoms with E-state index in [0.717, 1.165) is 12.0 Å². The molecule has 10 nitrogen and oxygen atoms in total. The third-order valence-electron chi connectivity index (χ3n) is 3.60. The summed E-state index contributed by atoms with van der Waals surface area (Å²) in [6, 6.07) is 2.42. The van der Waals surface area contributed by atoms with Crippen LogP contribution in [0.2, 0.25) is 0 Å². The Hall–Kier alpha value is -3.08. The van der Waals surface area contributed by atoms with E-state index in [-0.39, 0.29) is 23.8 Å². The molecule has 1 saturated heterocycles. The Balaban J connectivity index is 2.27. The predicted octanol–water partition coefficient (Wildman–Crippen LogP) is 1.08. The topological polar surface area (TPSA) is 120 Å². The number of hydrogen-bond donors (Lipinski definition) is 1. The van der Waals surface area contributed by atoms with Crippen LogP contribution in [-0.4, -0.2) is 63.3 Å². The summed E-state index contributed by atoms with van der Waals surface area (Å²) in [6.45, 7) is -0.811. The van der Waals surface area contributed by atoms with Crippen LogP contribution >= 0.6 is 15.9 Å². The minimum atomic E-state index is -0.731. The zero-order valence-corrected chi connectivity index (χ0v) is 16.8. The number of hydrogen-bond acceptors (Lipinski definition) is 8. The summed E-state index contributed by atoms with van der Waals surface area (Å²) in [5.74, 6) is -1.40. The number of amides is 3. The van der Waals surface area contributed by atoms with Gasteiger partial charge in [0, 0.05) is 0 Å². The van der Waals surface area contributed by atoms with Crippen LogP contribution in [0.1, 0.15) is 5.56 Å². The zero-order valence-electron chi connectivity index (χ0n) is 15.2. The number of halogens is 1. The van der Waals surface area contributed by atoms with Crippen LogP contribution in [0.5, 0.6) is 11.5 Å². The fourth-order valence-corrected chi connectivity index (χ4v) is 2.80. The number of nitrogens with zero attached hydrogens (tertiary/aromatic N) is 1. The van der Waals surface area contributed by atoms with Crippen LogP contribution in [0, 0.1) is 0 Å². The number of urea groups is 1. The molecule has 28 heavy (non-hydrogen) atoms. The van der Waals surface area contributed by atoms with Gasteiger partial charge >= 0.3 is 18.0 Å². The van der Waals surface area contributed by atoms with E-state index in [1.54, 1.807) is 12.1 Å². The number of carbonyl (C=O) groups excluding carboxylic acids is 4. The van der Waals surface area contributed by atoms with E-state index in [4.69, 9.17) is 9.47 Å². The van der Waals surface area contributed by atoms with E-state index in [1.165, 1.54) is 20.3 Å². The van der Waals surface area contributed by atoms with Gasteiger partial charge in [-0.3, -0.25) is 9.59 Å². The molecular weight excluding hydrogens is 440 g/mol. The first-order valence-electron chi connectivity index (χ1n) is 7.79. The zero-order chi connectivity index (χ0) is 20.8. The minimum Gasteiger partial charge on any atom is -0.493 e. The predicted molar refractivity (Wildman–Crippen MR) is 98.4 cm³/mol. The Morgan fingerprint density at radius 3 is 2.43 bits per heavy atom. The second kappa shape index (κ2) is 9.22. The van der Waals surface area contributed by atoms with E-state index < -0.39 is 30.4 Å². The molecule has 1 aliphatic heterocycles. The summed E-state index contributed by atoms with van der Waals surface area (Å²) in [5.41, 5.74) is 0.476. The number of nitrogens with one attached hydrogen (secondary N) is 1. The molecule has 0 spiro atoms. The highest BCUT2D eigenvalue weighted by molar-refractivity contribution is 9.10. The lowest BCUT2D eigenvalue weighted by atomic mass is 10.1. The van der Waals surface area contributed by atoms with E-state index in [2.05, 4.69) is 30.7 Å². The molecule has 0 bridgehead atoms. The van der Waals surface area contributed by atoms with Gasteiger partial charge in [-0.25, -0.2) is 14.5 Å². The SMILES string of the molecule is COC(=O)COc1c(Br)cc(/C=C2/NC(=O)N(CC(=O)OC)C2=O)cc1OC. The van der Waals surface area contributed by atoms with E-state index in [9.17, 15) is 19.2 Å². The number of methoxy groups -OCH3 is 3. The molecule has 1 aliphatic rings. The Bertz CT molecular complexity index is 852. The summed E-state index contributed by atoms with van der Waals surface area (Å²) in [6.07, 6.45) is 1.41. The van der Waals surface area contributed by atoms with Crippen molar-refractivity contribution in [3.05, 3.63) is 27.9 Å². The van der Waals surface area contributed by atoms with Gasteiger partial charge in [0.25, 0.3) is 5.91 Å². The molecule has 1 fully saturated rings. The van der Waals surface area contributed by atoms with Gasteiger partial charge in [-0.05, 0) is 39.7 Å². The Kier molecular flexibility index (Phi) is 6.99. The minimum absolute atomic E-state index is 0.0221. The van der Waals surface area contributed by atoms with Crippen molar-refractivity contribution in [3.8, 4) is 11.5 Å². The van der Waals surface area contributed by atoms with Gasteiger partial charge in [-0.1, -0.05) is 0 Å². The Morgan fingerprint density at radius 2 is 1.82 bits per heavy atom. The third kappa shape index (κ3) is 4.80.